The molecule has 7 rings (SSSR count). The number of nitrogens with one attached hydrogen (secondary N) is 2. The van der Waals surface area contributed by atoms with E-state index in [1.807, 2.05) is 30.6 Å². The number of hydrogen-bond donors (Lipinski definition) is 3. The van der Waals surface area contributed by atoms with Crippen LogP contribution < -0.4 is 10.9 Å². The Labute approximate surface area is 231 Å². The molecule has 0 amide bonds. The molecule has 4 aromatic heterocycles. The van der Waals surface area contributed by atoms with Crippen molar-refractivity contribution in [2.75, 3.05) is 13.2 Å². The molecule has 1 unspecified atom stereocenters. The highest BCUT2D eigenvalue weighted by molar-refractivity contribution is 5.97. The zero-order valence-electron chi connectivity index (χ0n) is 22.9. The van der Waals surface area contributed by atoms with Crippen molar-refractivity contribution < 1.29 is 9.84 Å². The molecule has 206 valence electrons. The summed E-state index contributed by atoms with van der Waals surface area (Å²) in [6.07, 6.45) is 9.48. The summed E-state index contributed by atoms with van der Waals surface area (Å²) in [6, 6.07) is 8.33. The summed E-state index contributed by atoms with van der Waals surface area (Å²) < 4.78 is 9.76. The lowest BCUT2D eigenvalue weighted by atomic mass is 9.95. The standard InChI is InChI=1S/C30H33N7O3/c1-30(2,39)16-37-14-19(13-33-37)28-34-23-7-6-18(22-15-36(3)29(38)26-20(22)8-9-31-26)12-21(23)25(35-28)27-24(17-4-5-17)32-10-11-40-27/h6-9,12-15,17,24,27,31-32,39H,4-5,10-11,16H2,1-3H3/t24?,27-/m0/s1. The fourth-order valence-electron chi connectivity index (χ4n) is 5.87. The fourth-order valence-corrected chi connectivity index (χ4v) is 5.87. The molecule has 0 spiro atoms. The molecule has 1 saturated heterocycles. The van der Waals surface area contributed by atoms with Gasteiger partial charge in [0.25, 0.3) is 5.56 Å². The van der Waals surface area contributed by atoms with Crippen molar-refractivity contribution in [2.24, 2.45) is 13.0 Å². The summed E-state index contributed by atoms with van der Waals surface area (Å²) in [5.41, 5.74) is 4.05. The molecule has 40 heavy (non-hydrogen) atoms. The number of pyridine rings is 1. The topological polar surface area (TPSA) is 123 Å². The molecule has 3 N–H and O–H groups in total. The van der Waals surface area contributed by atoms with E-state index in [4.69, 9.17) is 14.7 Å². The molecular formula is C30H33N7O3. The largest absolute Gasteiger partial charge is 0.389 e. The maximum Gasteiger partial charge on any atom is 0.274 e. The first-order chi connectivity index (χ1) is 19.2. The second-order valence-electron chi connectivity index (χ2n) is 11.7. The number of nitrogens with zero attached hydrogens (tertiary/aromatic N) is 5. The summed E-state index contributed by atoms with van der Waals surface area (Å²) in [5, 5.41) is 20.2. The van der Waals surface area contributed by atoms with Crippen molar-refractivity contribution >= 4 is 21.8 Å². The minimum Gasteiger partial charge on any atom is -0.389 e. The number of ether oxygens (including phenoxy) is 1. The summed E-state index contributed by atoms with van der Waals surface area (Å²) in [5.74, 6) is 1.15. The molecule has 1 saturated carbocycles. The van der Waals surface area contributed by atoms with E-state index in [2.05, 4.69) is 21.5 Å². The molecule has 10 heteroatoms. The van der Waals surface area contributed by atoms with Crippen molar-refractivity contribution in [3.8, 4) is 22.5 Å². The Kier molecular flexibility index (Phi) is 5.88. The van der Waals surface area contributed by atoms with Gasteiger partial charge in [-0.2, -0.15) is 5.10 Å². The molecule has 1 aromatic carbocycles. The summed E-state index contributed by atoms with van der Waals surface area (Å²) in [4.78, 5) is 25.8. The minimum atomic E-state index is -0.889. The van der Waals surface area contributed by atoms with Crippen molar-refractivity contribution in [2.45, 2.75) is 51.0 Å². The van der Waals surface area contributed by atoms with E-state index in [9.17, 15) is 9.90 Å². The second kappa shape index (κ2) is 9.36. The Morgan fingerprint density at radius 1 is 1.12 bits per heavy atom. The molecule has 2 fully saturated rings. The Bertz CT molecular complexity index is 1790. The number of aromatic nitrogens is 6. The SMILES string of the molecule is Cn1cc(-c2ccc3nc(-c4cnn(CC(C)(C)O)c4)nc([C@H]4OCCNC4C4CC4)c3c2)c2cc[nH]c2c1=O. The fraction of sp³-hybridized carbons (Fsp3) is 0.400. The van der Waals surface area contributed by atoms with Crippen LogP contribution in [-0.4, -0.2) is 59.2 Å². The molecule has 5 aromatic rings. The lowest BCUT2D eigenvalue weighted by Gasteiger charge is -2.33. The molecule has 0 radical (unpaired) electrons. The molecule has 1 aliphatic carbocycles. The van der Waals surface area contributed by atoms with Gasteiger partial charge in [0.1, 0.15) is 11.6 Å². The Hall–Kier alpha value is -3.86. The van der Waals surface area contributed by atoms with Crippen LogP contribution in [0.5, 0.6) is 0 Å². The minimum absolute atomic E-state index is 0.0581. The molecule has 1 aliphatic heterocycles. The van der Waals surface area contributed by atoms with Crippen LogP contribution in [0.15, 0.2) is 53.8 Å². The predicted octanol–water partition coefficient (Wildman–Crippen LogP) is 3.55. The summed E-state index contributed by atoms with van der Waals surface area (Å²) >= 11 is 0. The van der Waals surface area contributed by atoms with Gasteiger partial charge in [0.05, 0.1) is 41.7 Å². The van der Waals surface area contributed by atoms with E-state index in [1.165, 1.54) is 12.8 Å². The summed E-state index contributed by atoms with van der Waals surface area (Å²) in [6.45, 7) is 5.32. The van der Waals surface area contributed by atoms with Gasteiger partial charge in [0.2, 0.25) is 0 Å². The lowest BCUT2D eigenvalue weighted by molar-refractivity contribution is -0.0133. The van der Waals surface area contributed by atoms with Crippen LogP contribution in [0.2, 0.25) is 0 Å². The average Bonchev–Trinajstić information content (AvgIpc) is 3.48. The Morgan fingerprint density at radius 2 is 1.98 bits per heavy atom. The third kappa shape index (κ3) is 4.51. The molecule has 0 bridgehead atoms. The number of fused-ring (bicyclic) bond motifs is 2. The third-order valence-corrected chi connectivity index (χ3v) is 7.88. The van der Waals surface area contributed by atoms with E-state index < -0.39 is 5.60 Å². The zero-order chi connectivity index (χ0) is 27.6. The Morgan fingerprint density at radius 3 is 2.77 bits per heavy atom. The van der Waals surface area contributed by atoms with E-state index in [0.29, 0.717) is 30.4 Å². The quantitative estimate of drug-likeness (QED) is 0.302. The first kappa shape index (κ1) is 25.1. The number of aryl methyl sites for hydroxylation is 1. The van der Waals surface area contributed by atoms with Crippen molar-refractivity contribution in [1.82, 2.24) is 34.6 Å². The van der Waals surface area contributed by atoms with Crippen LogP contribution in [0.1, 0.15) is 38.5 Å². The number of benzene rings is 1. The maximum atomic E-state index is 12.7. The van der Waals surface area contributed by atoms with Gasteiger partial charge < -0.3 is 24.7 Å². The maximum absolute atomic E-state index is 12.7. The van der Waals surface area contributed by atoms with Crippen molar-refractivity contribution in [3.63, 3.8) is 0 Å². The predicted molar refractivity (Wildman–Crippen MR) is 153 cm³/mol. The van der Waals surface area contributed by atoms with Gasteiger partial charge in [0.15, 0.2) is 5.82 Å². The first-order valence-corrected chi connectivity index (χ1v) is 13.8. The summed E-state index contributed by atoms with van der Waals surface area (Å²) in [7, 11) is 1.77. The van der Waals surface area contributed by atoms with E-state index in [1.54, 1.807) is 42.5 Å². The van der Waals surface area contributed by atoms with Crippen LogP contribution in [0.4, 0.5) is 0 Å². The van der Waals surface area contributed by atoms with Crippen LogP contribution in [-0.2, 0) is 18.3 Å². The smallest absolute Gasteiger partial charge is 0.274 e. The lowest BCUT2D eigenvalue weighted by Crippen LogP contribution is -2.45. The van der Waals surface area contributed by atoms with Gasteiger partial charge in [-0.05, 0) is 56.4 Å². The van der Waals surface area contributed by atoms with Gasteiger partial charge in [-0.3, -0.25) is 9.48 Å². The number of H-pyrrole nitrogens is 1. The van der Waals surface area contributed by atoms with E-state index in [-0.39, 0.29) is 17.7 Å². The number of aromatic amines is 1. The average molecular weight is 540 g/mol. The normalized spacial score (nSPS) is 20.0. The molecule has 10 nitrogen and oxygen atoms in total. The van der Waals surface area contributed by atoms with Crippen LogP contribution >= 0.6 is 0 Å². The van der Waals surface area contributed by atoms with E-state index in [0.717, 1.165) is 45.2 Å². The molecule has 2 atom stereocenters. The van der Waals surface area contributed by atoms with Crippen molar-refractivity contribution in [3.05, 3.63) is 65.1 Å². The first-order valence-electron chi connectivity index (χ1n) is 13.8. The number of morpholine rings is 1. The van der Waals surface area contributed by atoms with Crippen LogP contribution in [0.3, 0.4) is 0 Å². The van der Waals surface area contributed by atoms with Gasteiger partial charge in [-0.15, -0.1) is 0 Å². The zero-order valence-corrected chi connectivity index (χ0v) is 22.9. The molecular weight excluding hydrogens is 506 g/mol. The number of aliphatic hydroxyl groups is 1. The molecule has 2 aliphatic rings. The van der Waals surface area contributed by atoms with E-state index >= 15 is 0 Å². The monoisotopic (exact) mass is 539 g/mol. The number of hydrogen-bond acceptors (Lipinski definition) is 7. The Balaban J connectivity index is 1.40. The third-order valence-electron chi connectivity index (χ3n) is 7.88. The highest BCUT2D eigenvalue weighted by atomic mass is 16.5. The van der Waals surface area contributed by atoms with Gasteiger partial charge in [-0.1, -0.05) is 6.07 Å². The van der Waals surface area contributed by atoms with Crippen molar-refractivity contribution in [1.29, 1.82) is 0 Å². The van der Waals surface area contributed by atoms with Gasteiger partial charge >= 0.3 is 0 Å². The highest BCUT2D eigenvalue weighted by Gasteiger charge is 2.41. The second-order valence-corrected chi connectivity index (χ2v) is 11.7. The highest BCUT2D eigenvalue weighted by Crippen LogP contribution is 2.42. The van der Waals surface area contributed by atoms with Crippen LogP contribution in [0, 0.1) is 5.92 Å². The van der Waals surface area contributed by atoms with Crippen LogP contribution in [0.25, 0.3) is 44.3 Å². The van der Waals surface area contributed by atoms with Gasteiger partial charge in [0, 0.05) is 54.6 Å². The molecule has 5 heterocycles. The number of rotatable bonds is 6. The van der Waals surface area contributed by atoms with Gasteiger partial charge in [-0.25, -0.2) is 9.97 Å².